The van der Waals surface area contributed by atoms with E-state index in [1.807, 2.05) is 63.2 Å². The Morgan fingerprint density at radius 1 is 1.04 bits per heavy atom. The number of sulfone groups is 1. The van der Waals surface area contributed by atoms with E-state index in [9.17, 15) is 36.4 Å². The van der Waals surface area contributed by atoms with Crippen molar-refractivity contribution >= 4 is 37.6 Å². The summed E-state index contributed by atoms with van der Waals surface area (Å²) in [5.41, 5.74) is 2.03. The van der Waals surface area contributed by atoms with Crippen LogP contribution in [0.5, 0.6) is 0 Å². The number of aliphatic hydroxyl groups excluding tert-OH is 2. The van der Waals surface area contributed by atoms with E-state index in [1.165, 1.54) is 0 Å². The number of unbranched alkanes of at least 4 members (excludes halogenated alkanes) is 1. The molecule has 0 aromatic heterocycles. The van der Waals surface area contributed by atoms with Crippen molar-refractivity contribution in [2.24, 2.45) is 11.3 Å². The number of benzene rings is 3. The van der Waals surface area contributed by atoms with Crippen molar-refractivity contribution in [3.05, 3.63) is 89.5 Å². The highest BCUT2D eigenvalue weighted by Gasteiger charge is 2.49. The Balaban J connectivity index is 1.43. The van der Waals surface area contributed by atoms with E-state index in [-0.39, 0.29) is 17.3 Å². The Bertz CT molecular complexity index is 2000. The largest absolute Gasteiger partial charge is 0.397 e. The van der Waals surface area contributed by atoms with Gasteiger partial charge in [0.05, 0.1) is 42.2 Å². The minimum absolute atomic E-state index is 0.107. The standard InChI is InChI=1S/C39H53N3O11S2/c1-6-8-19-39(7-2)24-54(46,47)32-18-17-29(42(4)5)21-30(32)33(36(39)44)27-15-12-16-28(20-27)40-38(45)41-37-34(43)35(51-22-26-13-10-9-11-14-26)25(3)31(53-37)23-52-55(48,49)50/h9-18,20-21,25,31,33-37,43-44H,6-8,19,22-24H2,1-5H3,(H2,40,41,45)(H,48,49,50)/t25-,31-,33-,34-,35+,36-,37-,39-/m1/s1. The second-order valence-electron chi connectivity index (χ2n) is 14.8. The molecule has 2 heterocycles. The second kappa shape index (κ2) is 17.7. The molecule has 0 saturated carbocycles. The number of nitrogens with zero attached hydrogens (tertiary/aromatic N) is 1. The van der Waals surface area contributed by atoms with Gasteiger partial charge in [0, 0.05) is 42.7 Å². The van der Waals surface area contributed by atoms with Crippen LogP contribution < -0.4 is 15.5 Å². The Kier molecular flexibility index (Phi) is 13.7. The van der Waals surface area contributed by atoms with Crippen LogP contribution in [0.15, 0.2) is 77.7 Å². The van der Waals surface area contributed by atoms with Crippen molar-refractivity contribution in [1.29, 1.82) is 0 Å². The van der Waals surface area contributed by atoms with E-state index in [0.29, 0.717) is 29.7 Å². The Morgan fingerprint density at radius 3 is 2.42 bits per heavy atom. The molecule has 5 rings (SSSR count). The van der Waals surface area contributed by atoms with Crippen molar-refractivity contribution in [3.63, 3.8) is 0 Å². The maximum atomic E-state index is 14.1. The number of ether oxygens (including phenoxy) is 2. The molecule has 14 nitrogen and oxygen atoms in total. The fourth-order valence-electron chi connectivity index (χ4n) is 7.68. The first-order chi connectivity index (χ1) is 26.0. The third-order valence-electron chi connectivity index (χ3n) is 10.8. The molecule has 0 aliphatic carbocycles. The number of hydrogen-bond donors (Lipinski definition) is 5. The first-order valence-electron chi connectivity index (χ1n) is 18.5. The maximum absolute atomic E-state index is 14.1. The molecule has 3 aromatic carbocycles. The summed E-state index contributed by atoms with van der Waals surface area (Å²) < 4.78 is 76.7. The molecule has 2 aliphatic heterocycles. The van der Waals surface area contributed by atoms with Gasteiger partial charge in [-0.1, -0.05) is 76.1 Å². The smallest absolute Gasteiger partial charge is 0.392 e. The molecule has 1 fully saturated rings. The lowest BCUT2D eigenvalue weighted by Gasteiger charge is -2.43. The van der Waals surface area contributed by atoms with E-state index in [0.717, 1.165) is 24.1 Å². The molecule has 2 aliphatic rings. The lowest BCUT2D eigenvalue weighted by Crippen LogP contribution is -2.61. The SMILES string of the molecule is CCCC[C@]1(CC)CS(=O)(=O)c2ccc(N(C)C)cc2[C@@H](c2cccc(NC(=O)N[C@@H]3O[C@H](COS(=O)(=O)O)[C@@H](C)[C@H](OCc4ccccc4)[C@H]3O)c2)[C@H]1O. The molecule has 1 saturated heterocycles. The summed E-state index contributed by atoms with van der Waals surface area (Å²) in [6.45, 7) is 5.11. The van der Waals surface area contributed by atoms with Crippen LogP contribution in [0, 0.1) is 11.3 Å². The number of hydrogen-bond acceptors (Lipinski definition) is 11. The summed E-state index contributed by atoms with van der Waals surface area (Å²) >= 11 is 0. The number of rotatable bonds is 14. The Morgan fingerprint density at radius 2 is 1.76 bits per heavy atom. The van der Waals surface area contributed by atoms with Crippen molar-refractivity contribution in [3.8, 4) is 0 Å². The van der Waals surface area contributed by atoms with Gasteiger partial charge in [0.25, 0.3) is 0 Å². The first kappa shape index (κ1) is 42.5. The average Bonchev–Trinajstić information content (AvgIpc) is 3.21. The fraction of sp³-hybridized carbons (Fsp3) is 0.513. The zero-order chi connectivity index (χ0) is 40.1. The molecule has 0 spiro atoms. The summed E-state index contributed by atoms with van der Waals surface area (Å²) in [6.07, 6.45) is -3.30. The van der Waals surface area contributed by atoms with Crippen LogP contribution in [-0.2, 0) is 40.5 Å². The van der Waals surface area contributed by atoms with Gasteiger partial charge in [-0.2, -0.15) is 8.42 Å². The average molecular weight is 804 g/mol. The van der Waals surface area contributed by atoms with Gasteiger partial charge in [-0.05, 0) is 59.9 Å². The van der Waals surface area contributed by atoms with Gasteiger partial charge in [0.15, 0.2) is 16.1 Å². The van der Waals surface area contributed by atoms with Crippen LogP contribution in [0.2, 0.25) is 0 Å². The van der Waals surface area contributed by atoms with E-state index >= 15 is 0 Å². The zero-order valence-electron chi connectivity index (χ0n) is 31.8. The van der Waals surface area contributed by atoms with Gasteiger partial charge in [-0.3, -0.25) is 4.55 Å². The highest BCUT2D eigenvalue weighted by atomic mass is 32.3. The summed E-state index contributed by atoms with van der Waals surface area (Å²) in [6, 6.07) is 20.4. The molecule has 2 amide bonds. The van der Waals surface area contributed by atoms with Crippen LogP contribution in [0.4, 0.5) is 16.2 Å². The lowest BCUT2D eigenvalue weighted by atomic mass is 9.69. The van der Waals surface area contributed by atoms with Crippen LogP contribution in [0.25, 0.3) is 0 Å². The number of fused-ring (bicyclic) bond motifs is 1. The molecule has 0 bridgehead atoms. The van der Waals surface area contributed by atoms with E-state index in [2.05, 4.69) is 14.8 Å². The van der Waals surface area contributed by atoms with E-state index in [4.69, 9.17) is 9.47 Å². The predicted molar refractivity (Wildman–Crippen MR) is 208 cm³/mol. The van der Waals surface area contributed by atoms with E-state index in [1.54, 1.807) is 49.4 Å². The summed E-state index contributed by atoms with van der Waals surface area (Å²) in [7, 11) is -4.91. The van der Waals surface area contributed by atoms with Crippen LogP contribution in [-0.4, -0.2) is 94.7 Å². The van der Waals surface area contributed by atoms with Gasteiger partial charge in [0.1, 0.15) is 6.10 Å². The summed E-state index contributed by atoms with van der Waals surface area (Å²) in [4.78, 5) is 15.6. The number of aliphatic hydroxyl groups is 2. The van der Waals surface area contributed by atoms with Crippen molar-refractivity contribution in [2.75, 3.05) is 36.7 Å². The number of anilines is 2. The number of urea groups is 1. The molecule has 0 radical (unpaired) electrons. The number of carbonyl (C=O) groups excluding carboxylic acids is 1. The third kappa shape index (κ3) is 10.0. The van der Waals surface area contributed by atoms with Gasteiger partial charge < -0.3 is 35.2 Å². The number of amides is 2. The summed E-state index contributed by atoms with van der Waals surface area (Å²) in [5.74, 6) is -1.58. The highest BCUT2D eigenvalue weighted by Crippen LogP contribution is 2.49. The highest BCUT2D eigenvalue weighted by molar-refractivity contribution is 7.91. The van der Waals surface area contributed by atoms with Crippen LogP contribution in [0.1, 0.15) is 69.1 Å². The maximum Gasteiger partial charge on any atom is 0.397 e. The molecular formula is C39H53N3O11S2. The normalized spacial score (nSPS) is 27.7. The molecule has 55 heavy (non-hydrogen) atoms. The van der Waals surface area contributed by atoms with Gasteiger partial charge in [-0.15, -0.1) is 0 Å². The second-order valence-corrected chi connectivity index (χ2v) is 17.8. The minimum Gasteiger partial charge on any atom is -0.392 e. The number of carbonyl (C=O) groups is 1. The van der Waals surface area contributed by atoms with Crippen molar-refractivity contribution in [1.82, 2.24) is 5.32 Å². The fourth-order valence-corrected chi connectivity index (χ4v) is 10.2. The molecule has 8 atom stereocenters. The molecular weight excluding hydrogens is 751 g/mol. The van der Waals surface area contributed by atoms with Gasteiger partial charge in [0.2, 0.25) is 0 Å². The predicted octanol–water partition coefficient (Wildman–Crippen LogP) is 4.87. The van der Waals surface area contributed by atoms with Crippen molar-refractivity contribution in [2.45, 2.75) is 94.5 Å². The van der Waals surface area contributed by atoms with Crippen LogP contribution in [0.3, 0.4) is 0 Å². The first-order valence-corrected chi connectivity index (χ1v) is 21.5. The topological polar surface area (TPSA) is 201 Å². The Hall–Kier alpha value is -3.61. The third-order valence-corrected chi connectivity index (χ3v) is 13.3. The Labute approximate surface area is 324 Å². The molecule has 0 unspecified atom stereocenters. The lowest BCUT2D eigenvalue weighted by molar-refractivity contribution is -0.223. The summed E-state index contributed by atoms with van der Waals surface area (Å²) in [5, 5.41) is 29.1. The van der Waals surface area contributed by atoms with Gasteiger partial charge >= 0.3 is 16.4 Å². The van der Waals surface area contributed by atoms with Crippen molar-refractivity contribution < 1.29 is 50.1 Å². The number of nitrogens with one attached hydrogen (secondary N) is 2. The van der Waals surface area contributed by atoms with Gasteiger partial charge in [-0.25, -0.2) is 17.4 Å². The molecule has 3 aromatic rings. The minimum atomic E-state index is -4.82. The molecule has 302 valence electrons. The van der Waals surface area contributed by atoms with Crippen LogP contribution >= 0.6 is 0 Å². The zero-order valence-corrected chi connectivity index (χ0v) is 33.4. The molecule has 16 heteroatoms. The van der Waals surface area contributed by atoms with E-state index < -0.39 is 80.8 Å². The molecule has 5 N–H and O–H groups in total. The quantitative estimate of drug-likeness (QED) is 0.139. The monoisotopic (exact) mass is 803 g/mol.